The molecule has 5 heteroatoms. The summed E-state index contributed by atoms with van der Waals surface area (Å²) in [6.45, 7) is 2.07. The molecule has 0 unspecified atom stereocenters. The van der Waals surface area contributed by atoms with Gasteiger partial charge in [0, 0.05) is 5.92 Å². The van der Waals surface area contributed by atoms with Crippen LogP contribution >= 0.6 is 11.3 Å². The number of anilines is 1. The summed E-state index contributed by atoms with van der Waals surface area (Å²) >= 11 is 1.34. The van der Waals surface area contributed by atoms with Gasteiger partial charge in [-0.05, 0) is 12.3 Å². The molecule has 4 nitrogen and oxygen atoms in total. The molecule has 64 valence electrons. The van der Waals surface area contributed by atoms with E-state index in [2.05, 4.69) is 22.4 Å². The third kappa shape index (κ3) is 1.45. The molecule has 2 atom stereocenters. The highest BCUT2D eigenvalue weighted by molar-refractivity contribution is 7.13. The molecule has 0 aliphatic heterocycles. The zero-order valence-electron chi connectivity index (χ0n) is 6.65. The van der Waals surface area contributed by atoms with Crippen molar-refractivity contribution in [3.8, 4) is 0 Å². The molecule has 1 heterocycles. The minimum Gasteiger partial charge on any atom is -0.300 e. The average Bonchev–Trinajstić information content (AvgIpc) is 2.58. The number of hydrogen-bond donors (Lipinski definition) is 1. The Morgan fingerprint density at radius 1 is 1.83 bits per heavy atom. The summed E-state index contributed by atoms with van der Waals surface area (Å²) in [5, 5.41) is 10.7. The number of aromatic nitrogens is 2. The highest BCUT2D eigenvalue weighted by atomic mass is 32.1. The van der Waals surface area contributed by atoms with Gasteiger partial charge in [-0.15, -0.1) is 10.2 Å². The van der Waals surface area contributed by atoms with Gasteiger partial charge in [-0.2, -0.15) is 0 Å². The zero-order chi connectivity index (χ0) is 8.55. The molecule has 1 aromatic rings. The Morgan fingerprint density at radius 3 is 3.08 bits per heavy atom. The van der Waals surface area contributed by atoms with Gasteiger partial charge in [0.1, 0.15) is 5.51 Å². The third-order valence-corrected chi connectivity index (χ3v) is 2.64. The fourth-order valence-electron chi connectivity index (χ4n) is 1.11. The van der Waals surface area contributed by atoms with Crippen molar-refractivity contribution in [1.29, 1.82) is 0 Å². The van der Waals surface area contributed by atoms with Gasteiger partial charge in [-0.3, -0.25) is 4.79 Å². The molecule has 1 amide bonds. The first kappa shape index (κ1) is 7.67. The Labute approximate surface area is 74.0 Å². The number of carbonyl (C=O) groups is 1. The maximum Gasteiger partial charge on any atom is 0.229 e. The van der Waals surface area contributed by atoms with Gasteiger partial charge in [0.05, 0.1) is 0 Å². The molecular formula is C7H9N3OS. The largest absolute Gasteiger partial charge is 0.300 e. The smallest absolute Gasteiger partial charge is 0.229 e. The molecule has 0 radical (unpaired) electrons. The maximum absolute atomic E-state index is 11.3. The van der Waals surface area contributed by atoms with Gasteiger partial charge in [-0.1, -0.05) is 18.3 Å². The number of carbonyl (C=O) groups excluding carboxylic acids is 1. The molecule has 12 heavy (non-hydrogen) atoms. The third-order valence-electron chi connectivity index (χ3n) is 2.04. The first-order valence-corrected chi connectivity index (χ1v) is 4.72. The lowest BCUT2D eigenvalue weighted by molar-refractivity contribution is -0.117. The van der Waals surface area contributed by atoms with E-state index >= 15 is 0 Å². The van der Waals surface area contributed by atoms with Crippen molar-refractivity contribution in [1.82, 2.24) is 10.2 Å². The van der Waals surface area contributed by atoms with Crippen LogP contribution in [0.4, 0.5) is 5.13 Å². The van der Waals surface area contributed by atoms with Crippen LogP contribution in [0.3, 0.4) is 0 Å². The van der Waals surface area contributed by atoms with E-state index in [1.54, 1.807) is 5.51 Å². The number of amides is 1. The van der Waals surface area contributed by atoms with E-state index in [9.17, 15) is 4.79 Å². The Hall–Kier alpha value is -0.970. The van der Waals surface area contributed by atoms with Crippen LogP contribution in [-0.4, -0.2) is 16.1 Å². The van der Waals surface area contributed by atoms with Gasteiger partial charge < -0.3 is 5.32 Å². The van der Waals surface area contributed by atoms with Crippen LogP contribution in [0.2, 0.25) is 0 Å². The minimum absolute atomic E-state index is 0.0826. The van der Waals surface area contributed by atoms with Crippen molar-refractivity contribution in [2.24, 2.45) is 11.8 Å². The second-order valence-corrected chi connectivity index (χ2v) is 3.89. The average molecular weight is 183 g/mol. The van der Waals surface area contributed by atoms with Crippen LogP contribution in [-0.2, 0) is 4.79 Å². The molecule has 0 spiro atoms. The number of nitrogens with one attached hydrogen (secondary N) is 1. The summed E-state index contributed by atoms with van der Waals surface area (Å²) in [6.07, 6.45) is 1.00. The Morgan fingerprint density at radius 2 is 2.58 bits per heavy atom. The summed E-state index contributed by atoms with van der Waals surface area (Å²) in [5.74, 6) is 0.825. The topological polar surface area (TPSA) is 54.9 Å². The molecule has 1 aromatic heterocycles. The maximum atomic E-state index is 11.3. The van der Waals surface area contributed by atoms with Crippen LogP contribution in [0.5, 0.6) is 0 Å². The van der Waals surface area contributed by atoms with Gasteiger partial charge in [0.15, 0.2) is 0 Å². The van der Waals surface area contributed by atoms with Crippen molar-refractivity contribution in [2.75, 3.05) is 5.32 Å². The lowest BCUT2D eigenvalue weighted by atomic mass is 10.3. The molecule has 1 aliphatic rings. The van der Waals surface area contributed by atoms with E-state index in [1.165, 1.54) is 11.3 Å². The first-order valence-electron chi connectivity index (χ1n) is 3.84. The molecule has 0 saturated heterocycles. The highest BCUT2D eigenvalue weighted by Crippen LogP contribution is 2.38. The number of hydrogen-bond acceptors (Lipinski definition) is 4. The van der Waals surface area contributed by atoms with Gasteiger partial charge >= 0.3 is 0 Å². The lowest BCUT2D eigenvalue weighted by Gasteiger charge is -1.96. The number of nitrogens with zero attached hydrogens (tertiary/aromatic N) is 2. The predicted molar refractivity (Wildman–Crippen MR) is 45.8 cm³/mol. The van der Waals surface area contributed by atoms with Crippen molar-refractivity contribution in [3.05, 3.63) is 5.51 Å². The van der Waals surface area contributed by atoms with Gasteiger partial charge in [0.2, 0.25) is 11.0 Å². The standard InChI is InChI=1S/C7H9N3OS/c1-4-2-5(4)6(11)9-7-10-8-3-12-7/h3-5H,2H2,1H3,(H,9,10,11)/t4-,5-/m0/s1. The molecular weight excluding hydrogens is 174 g/mol. The monoisotopic (exact) mass is 183 g/mol. The van der Waals surface area contributed by atoms with E-state index in [0.29, 0.717) is 11.0 Å². The van der Waals surface area contributed by atoms with E-state index in [0.717, 1.165) is 6.42 Å². The SMILES string of the molecule is C[C@H]1C[C@@H]1C(=O)Nc1nncs1. The van der Waals surface area contributed by atoms with Crippen LogP contribution in [0.1, 0.15) is 13.3 Å². The van der Waals surface area contributed by atoms with Crippen LogP contribution < -0.4 is 5.32 Å². The van der Waals surface area contributed by atoms with Crippen molar-refractivity contribution >= 4 is 22.4 Å². The second-order valence-electron chi connectivity index (χ2n) is 3.05. The molecule has 1 aliphatic carbocycles. The van der Waals surface area contributed by atoms with Crippen molar-refractivity contribution < 1.29 is 4.79 Å². The van der Waals surface area contributed by atoms with Gasteiger partial charge in [0.25, 0.3) is 0 Å². The van der Waals surface area contributed by atoms with E-state index in [1.807, 2.05) is 0 Å². The number of rotatable bonds is 2. The predicted octanol–water partition coefficient (Wildman–Crippen LogP) is 1.13. The second kappa shape index (κ2) is 2.82. The Balaban J connectivity index is 1.92. The lowest BCUT2D eigenvalue weighted by Crippen LogP contribution is -2.14. The van der Waals surface area contributed by atoms with E-state index in [4.69, 9.17) is 0 Å². The zero-order valence-corrected chi connectivity index (χ0v) is 7.47. The van der Waals surface area contributed by atoms with Crippen molar-refractivity contribution in [3.63, 3.8) is 0 Å². The fourth-order valence-corrected chi connectivity index (χ4v) is 1.56. The molecule has 0 bridgehead atoms. The minimum atomic E-state index is 0.0826. The summed E-state index contributed by atoms with van der Waals surface area (Å²) in [5.41, 5.74) is 1.60. The molecule has 1 fully saturated rings. The fraction of sp³-hybridized carbons (Fsp3) is 0.571. The van der Waals surface area contributed by atoms with Crippen LogP contribution in [0.25, 0.3) is 0 Å². The molecule has 0 aromatic carbocycles. The summed E-state index contributed by atoms with van der Waals surface area (Å²) in [6, 6.07) is 0. The summed E-state index contributed by atoms with van der Waals surface area (Å²) in [4.78, 5) is 11.3. The summed E-state index contributed by atoms with van der Waals surface area (Å²) in [7, 11) is 0. The molecule has 1 N–H and O–H groups in total. The Bertz CT molecular complexity index is 285. The van der Waals surface area contributed by atoms with Crippen LogP contribution in [0, 0.1) is 11.8 Å². The normalized spacial score (nSPS) is 26.8. The first-order chi connectivity index (χ1) is 5.77. The Kier molecular flexibility index (Phi) is 1.80. The molecule has 2 rings (SSSR count). The quantitative estimate of drug-likeness (QED) is 0.747. The van der Waals surface area contributed by atoms with Gasteiger partial charge in [-0.25, -0.2) is 0 Å². The summed E-state index contributed by atoms with van der Waals surface area (Å²) < 4.78 is 0. The highest BCUT2D eigenvalue weighted by Gasteiger charge is 2.39. The van der Waals surface area contributed by atoms with Crippen LogP contribution in [0.15, 0.2) is 5.51 Å². The van der Waals surface area contributed by atoms with Crippen molar-refractivity contribution in [2.45, 2.75) is 13.3 Å². The van der Waals surface area contributed by atoms with E-state index in [-0.39, 0.29) is 11.8 Å². The van der Waals surface area contributed by atoms with E-state index < -0.39 is 0 Å². The molecule has 1 saturated carbocycles.